The summed E-state index contributed by atoms with van der Waals surface area (Å²) in [4.78, 5) is 0. The minimum atomic E-state index is -2.75. The van der Waals surface area contributed by atoms with Gasteiger partial charge in [-0.05, 0) is 39.2 Å². The largest absolute Gasteiger partial charge is 0.507 e. The van der Waals surface area contributed by atoms with Crippen LogP contribution >= 0.6 is 0 Å². The van der Waals surface area contributed by atoms with E-state index in [-0.39, 0.29) is 5.54 Å². The SMILES string of the molecule is CO[Si](OC)(OC)C(C)c1cccc2cc3ccccc3cc12. The van der Waals surface area contributed by atoms with Crippen LogP contribution in [0.1, 0.15) is 18.0 Å². The Labute approximate surface area is 138 Å². The maximum absolute atomic E-state index is 5.68. The highest BCUT2D eigenvalue weighted by Crippen LogP contribution is 2.34. The predicted molar refractivity (Wildman–Crippen MR) is 96.7 cm³/mol. The minimum Gasteiger partial charge on any atom is -0.376 e. The number of fused-ring (bicyclic) bond motifs is 2. The van der Waals surface area contributed by atoms with E-state index in [2.05, 4.69) is 61.5 Å². The standard InChI is InChI=1S/C19H22O3Si/c1-14(23(20-2,21-3)22-4)18-11-7-10-17-12-15-8-5-6-9-16(15)13-19(17)18/h5-14H,1-4H3. The van der Waals surface area contributed by atoms with Gasteiger partial charge >= 0.3 is 8.80 Å². The normalized spacial score (nSPS) is 13.6. The molecule has 4 heteroatoms. The lowest BCUT2D eigenvalue weighted by Crippen LogP contribution is -2.48. The van der Waals surface area contributed by atoms with Crippen molar-refractivity contribution in [2.75, 3.05) is 21.3 Å². The lowest BCUT2D eigenvalue weighted by atomic mass is 9.98. The highest BCUT2D eigenvalue weighted by atomic mass is 28.4. The smallest absolute Gasteiger partial charge is 0.376 e. The van der Waals surface area contributed by atoms with Gasteiger partial charge in [0, 0.05) is 21.3 Å². The van der Waals surface area contributed by atoms with E-state index in [1.807, 2.05) is 0 Å². The molecule has 0 N–H and O–H groups in total. The first kappa shape index (κ1) is 16.1. The Morgan fingerprint density at radius 1 is 0.739 bits per heavy atom. The van der Waals surface area contributed by atoms with Crippen LogP contribution in [0.3, 0.4) is 0 Å². The number of hydrogen-bond acceptors (Lipinski definition) is 3. The summed E-state index contributed by atoms with van der Waals surface area (Å²) < 4.78 is 17.0. The van der Waals surface area contributed by atoms with Crippen molar-refractivity contribution in [1.82, 2.24) is 0 Å². The Hall–Kier alpha value is -1.72. The Morgan fingerprint density at radius 2 is 1.30 bits per heavy atom. The zero-order valence-electron chi connectivity index (χ0n) is 14.0. The summed E-state index contributed by atoms with van der Waals surface area (Å²) >= 11 is 0. The van der Waals surface area contributed by atoms with Crippen LogP contribution in [-0.4, -0.2) is 30.1 Å². The molecular weight excluding hydrogens is 304 g/mol. The van der Waals surface area contributed by atoms with Crippen LogP contribution in [0.5, 0.6) is 0 Å². The Morgan fingerprint density at radius 3 is 1.91 bits per heavy atom. The van der Waals surface area contributed by atoms with Crippen molar-refractivity contribution in [3.8, 4) is 0 Å². The fourth-order valence-electron chi connectivity index (χ4n) is 3.34. The zero-order valence-corrected chi connectivity index (χ0v) is 15.0. The first-order valence-electron chi connectivity index (χ1n) is 7.72. The van der Waals surface area contributed by atoms with Gasteiger partial charge in [-0.3, -0.25) is 0 Å². The van der Waals surface area contributed by atoms with Crippen LogP contribution < -0.4 is 0 Å². The van der Waals surface area contributed by atoms with Gasteiger partial charge in [-0.15, -0.1) is 0 Å². The van der Waals surface area contributed by atoms with Gasteiger partial charge in [0.25, 0.3) is 0 Å². The number of hydrogen-bond donors (Lipinski definition) is 0. The van der Waals surface area contributed by atoms with E-state index in [0.717, 1.165) is 0 Å². The Balaban J connectivity index is 2.23. The van der Waals surface area contributed by atoms with E-state index in [1.54, 1.807) is 21.3 Å². The third-order valence-electron chi connectivity index (χ3n) is 4.63. The molecule has 0 spiro atoms. The molecule has 120 valence electrons. The van der Waals surface area contributed by atoms with Gasteiger partial charge in [-0.2, -0.15) is 0 Å². The summed E-state index contributed by atoms with van der Waals surface area (Å²) in [6.07, 6.45) is 0. The number of benzene rings is 3. The van der Waals surface area contributed by atoms with E-state index >= 15 is 0 Å². The van der Waals surface area contributed by atoms with Crippen molar-refractivity contribution in [2.24, 2.45) is 0 Å². The maximum atomic E-state index is 5.68. The second kappa shape index (κ2) is 6.41. The third kappa shape index (κ3) is 2.68. The van der Waals surface area contributed by atoms with Crippen LogP contribution in [0.25, 0.3) is 21.5 Å². The molecule has 1 atom stereocenters. The molecule has 23 heavy (non-hydrogen) atoms. The third-order valence-corrected chi connectivity index (χ3v) is 7.71. The van der Waals surface area contributed by atoms with Gasteiger partial charge in [0.1, 0.15) is 0 Å². The fourth-order valence-corrected chi connectivity index (χ4v) is 5.53. The molecule has 3 rings (SSSR count). The topological polar surface area (TPSA) is 27.7 Å². The molecule has 3 nitrogen and oxygen atoms in total. The minimum absolute atomic E-state index is 0.0485. The summed E-state index contributed by atoms with van der Waals surface area (Å²) in [5, 5.41) is 4.93. The molecular formula is C19H22O3Si. The second-order valence-corrected chi connectivity index (χ2v) is 9.00. The van der Waals surface area contributed by atoms with Crippen molar-refractivity contribution in [3.63, 3.8) is 0 Å². The summed E-state index contributed by atoms with van der Waals surface area (Å²) in [7, 11) is 2.24. The van der Waals surface area contributed by atoms with Gasteiger partial charge < -0.3 is 13.3 Å². The summed E-state index contributed by atoms with van der Waals surface area (Å²) in [5.41, 5.74) is 1.25. The monoisotopic (exact) mass is 326 g/mol. The molecule has 0 aliphatic heterocycles. The predicted octanol–water partition coefficient (Wildman–Crippen LogP) is 4.51. The average molecular weight is 326 g/mol. The molecule has 0 saturated heterocycles. The van der Waals surface area contributed by atoms with Crippen molar-refractivity contribution < 1.29 is 13.3 Å². The first-order valence-corrected chi connectivity index (χ1v) is 9.52. The molecule has 0 heterocycles. The Kier molecular flexibility index (Phi) is 4.50. The molecule has 0 saturated carbocycles. The van der Waals surface area contributed by atoms with Crippen molar-refractivity contribution in [3.05, 3.63) is 60.2 Å². The highest BCUT2D eigenvalue weighted by molar-refractivity contribution is 6.62. The van der Waals surface area contributed by atoms with Gasteiger partial charge in [0.15, 0.2) is 0 Å². The molecule has 0 bridgehead atoms. The fraction of sp³-hybridized carbons (Fsp3) is 0.263. The van der Waals surface area contributed by atoms with Crippen LogP contribution in [0, 0.1) is 0 Å². The molecule has 0 aliphatic rings. The van der Waals surface area contributed by atoms with E-state index in [0.29, 0.717) is 0 Å². The van der Waals surface area contributed by atoms with Crippen LogP contribution in [-0.2, 0) is 13.3 Å². The molecule has 1 unspecified atom stereocenters. The molecule has 3 aromatic rings. The van der Waals surface area contributed by atoms with Crippen LogP contribution in [0.15, 0.2) is 54.6 Å². The lowest BCUT2D eigenvalue weighted by Gasteiger charge is -2.31. The Bertz CT molecular complexity index is 819. The van der Waals surface area contributed by atoms with E-state index in [9.17, 15) is 0 Å². The van der Waals surface area contributed by atoms with E-state index in [4.69, 9.17) is 13.3 Å². The quantitative estimate of drug-likeness (QED) is 0.510. The van der Waals surface area contributed by atoms with Gasteiger partial charge in [-0.25, -0.2) is 0 Å². The summed E-state index contributed by atoms with van der Waals surface area (Å²) in [6, 6.07) is 19.3. The summed E-state index contributed by atoms with van der Waals surface area (Å²) in [5.74, 6) is 0. The highest BCUT2D eigenvalue weighted by Gasteiger charge is 2.45. The maximum Gasteiger partial charge on any atom is 0.507 e. The van der Waals surface area contributed by atoms with Gasteiger partial charge in [-0.1, -0.05) is 49.4 Å². The lowest BCUT2D eigenvalue weighted by molar-refractivity contribution is 0.114. The molecule has 0 fully saturated rings. The van der Waals surface area contributed by atoms with Gasteiger partial charge in [0.05, 0.1) is 5.54 Å². The molecule has 0 aliphatic carbocycles. The molecule has 3 aromatic carbocycles. The summed E-state index contributed by atoms with van der Waals surface area (Å²) in [6.45, 7) is 2.12. The zero-order chi connectivity index (χ0) is 16.4. The number of rotatable bonds is 5. The molecule has 0 radical (unpaired) electrons. The average Bonchev–Trinajstić information content (AvgIpc) is 2.61. The van der Waals surface area contributed by atoms with Crippen molar-refractivity contribution in [2.45, 2.75) is 12.5 Å². The molecule has 0 aromatic heterocycles. The first-order chi connectivity index (χ1) is 11.1. The second-order valence-electron chi connectivity index (χ2n) is 5.71. The van der Waals surface area contributed by atoms with Crippen LogP contribution in [0.4, 0.5) is 0 Å². The molecule has 0 amide bonds. The van der Waals surface area contributed by atoms with E-state index < -0.39 is 8.80 Å². The van der Waals surface area contributed by atoms with Crippen molar-refractivity contribution >= 4 is 30.3 Å². The van der Waals surface area contributed by atoms with Crippen molar-refractivity contribution in [1.29, 1.82) is 0 Å². The van der Waals surface area contributed by atoms with E-state index in [1.165, 1.54) is 27.1 Å². The van der Waals surface area contributed by atoms with Gasteiger partial charge in [0.2, 0.25) is 0 Å². The van der Waals surface area contributed by atoms with Crippen LogP contribution in [0.2, 0.25) is 0 Å².